The van der Waals surface area contributed by atoms with Crippen molar-refractivity contribution in [2.24, 2.45) is 4.99 Å². The van der Waals surface area contributed by atoms with Crippen LogP contribution < -0.4 is 4.90 Å². The van der Waals surface area contributed by atoms with Crippen LogP contribution in [-0.2, 0) is 9.53 Å². The highest BCUT2D eigenvalue weighted by molar-refractivity contribution is 6.10. The largest absolute Gasteiger partial charge is 0.383 e. The predicted octanol–water partition coefficient (Wildman–Crippen LogP) is 1.97. The fourth-order valence-corrected chi connectivity index (χ4v) is 4.10. The number of rotatable bonds is 4. The molecule has 1 fully saturated rings. The highest BCUT2D eigenvalue weighted by Crippen LogP contribution is 2.40. The third-order valence-electron chi connectivity index (χ3n) is 5.77. The lowest BCUT2D eigenvalue weighted by atomic mass is 10.1. The van der Waals surface area contributed by atoms with Crippen LogP contribution in [0.25, 0.3) is 0 Å². The van der Waals surface area contributed by atoms with E-state index in [0.29, 0.717) is 12.6 Å². The maximum Gasteiger partial charge on any atom is 0.328 e. The third-order valence-corrected chi connectivity index (χ3v) is 5.77. The summed E-state index contributed by atoms with van der Waals surface area (Å²) in [7, 11) is 3.25. The second-order valence-corrected chi connectivity index (χ2v) is 7.33. The van der Waals surface area contributed by atoms with Gasteiger partial charge in [0.15, 0.2) is 12.2 Å². The topological polar surface area (TPSA) is 68.7 Å². The van der Waals surface area contributed by atoms with Gasteiger partial charge in [0.1, 0.15) is 0 Å². The molecule has 0 saturated carbocycles. The maximum absolute atomic E-state index is 13.2. The average Bonchev–Trinajstić information content (AvgIpc) is 3.17. The minimum Gasteiger partial charge on any atom is -0.383 e. The first-order valence-corrected chi connectivity index (χ1v) is 9.36. The monoisotopic (exact) mass is 383 g/mol. The second-order valence-electron chi connectivity index (χ2n) is 7.33. The number of allylic oxidation sites excluding steroid dienone is 2. The molecule has 4 rings (SSSR count). The number of aliphatic imine (C=N–C) groups is 1. The Kier molecular flexibility index (Phi) is 4.38. The van der Waals surface area contributed by atoms with E-state index in [1.54, 1.807) is 19.1 Å². The van der Waals surface area contributed by atoms with E-state index in [1.165, 1.54) is 4.90 Å². The predicted molar refractivity (Wildman–Crippen MR) is 106 cm³/mol. The van der Waals surface area contributed by atoms with Gasteiger partial charge >= 0.3 is 6.03 Å². The van der Waals surface area contributed by atoms with Gasteiger partial charge < -0.3 is 9.64 Å². The van der Waals surface area contributed by atoms with Crippen molar-refractivity contribution in [3.05, 3.63) is 41.2 Å². The molecule has 148 valence electrons. The highest BCUT2D eigenvalue weighted by atomic mass is 16.5. The van der Waals surface area contributed by atoms with E-state index >= 15 is 0 Å². The number of urea groups is 1. The lowest BCUT2D eigenvalue weighted by molar-refractivity contribution is -0.137. The number of anilines is 1. The summed E-state index contributed by atoms with van der Waals surface area (Å²) in [5, 5.41) is 0. The maximum atomic E-state index is 13.2. The summed E-state index contributed by atoms with van der Waals surface area (Å²) in [6.45, 7) is 6.61. The molecule has 8 heteroatoms. The van der Waals surface area contributed by atoms with E-state index in [-0.39, 0.29) is 18.5 Å². The Bertz CT molecular complexity index is 909. The standard InChI is InChI=1S/C20H25N5O3/c1-12-8-6-7-9-15(12)24-13(2)14(3)25-16-17(21-19(24)25)22(4)20(27)23(18(16)26)10-11-28-5/h6-9,16-17H,10-11H2,1-5H3. The minimum absolute atomic E-state index is 0.230. The van der Waals surface area contributed by atoms with Gasteiger partial charge in [-0.1, -0.05) is 18.2 Å². The lowest BCUT2D eigenvalue weighted by Crippen LogP contribution is -2.65. The van der Waals surface area contributed by atoms with Crippen molar-refractivity contribution in [3.8, 4) is 0 Å². The lowest BCUT2D eigenvalue weighted by Gasteiger charge is -2.40. The molecule has 2 atom stereocenters. The smallest absolute Gasteiger partial charge is 0.328 e. The van der Waals surface area contributed by atoms with Crippen LogP contribution in [0, 0.1) is 6.92 Å². The number of ether oxygens (including phenoxy) is 1. The number of hydrogen-bond donors (Lipinski definition) is 0. The number of guanidine groups is 1. The fourth-order valence-electron chi connectivity index (χ4n) is 4.10. The number of methoxy groups -OCH3 is 1. The molecule has 3 heterocycles. The van der Waals surface area contributed by atoms with Crippen LogP contribution >= 0.6 is 0 Å². The van der Waals surface area contributed by atoms with Crippen molar-refractivity contribution in [2.45, 2.75) is 33.0 Å². The molecule has 0 spiro atoms. The van der Waals surface area contributed by atoms with Gasteiger partial charge in [0.25, 0.3) is 5.91 Å². The second kappa shape index (κ2) is 6.63. The molecule has 0 radical (unpaired) electrons. The van der Waals surface area contributed by atoms with Crippen LogP contribution in [0.4, 0.5) is 10.5 Å². The SMILES string of the molecule is COCCN1C(=O)C2C(N=C3N(c4ccccc4C)C(C)=C(C)N32)N(C)C1=O. The molecule has 1 saturated heterocycles. The van der Waals surface area contributed by atoms with Crippen molar-refractivity contribution in [3.63, 3.8) is 0 Å². The van der Waals surface area contributed by atoms with E-state index < -0.39 is 12.2 Å². The van der Waals surface area contributed by atoms with Gasteiger partial charge in [-0.2, -0.15) is 0 Å². The number of aryl methyl sites for hydroxylation is 1. The molecule has 0 aromatic heterocycles. The number of amides is 3. The Hall–Kier alpha value is -2.87. The Morgan fingerprint density at radius 3 is 2.50 bits per heavy atom. The van der Waals surface area contributed by atoms with Gasteiger partial charge in [-0.15, -0.1) is 0 Å². The summed E-state index contributed by atoms with van der Waals surface area (Å²) >= 11 is 0. The number of imide groups is 1. The van der Waals surface area contributed by atoms with Gasteiger partial charge in [-0.05, 0) is 32.4 Å². The van der Waals surface area contributed by atoms with Crippen LogP contribution in [0.3, 0.4) is 0 Å². The number of para-hydroxylation sites is 1. The van der Waals surface area contributed by atoms with Gasteiger partial charge in [0, 0.05) is 25.6 Å². The number of carbonyl (C=O) groups excluding carboxylic acids is 2. The van der Waals surface area contributed by atoms with Gasteiger partial charge in [-0.25, -0.2) is 9.79 Å². The quantitative estimate of drug-likeness (QED) is 0.795. The summed E-state index contributed by atoms with van der Waals surface area (Å²) in [6.07, 6.45) is -0.539. The van der Waals surface area contributed by atoms with E-state index in [2.05, 4.69) is 17.9 Å². The number of carbonyl (C=O) groups is 2. The van der Waals surface area contributed by atoms with Crippen LogP contribution in [0.1, 0.15) is 19.4 Å². The Morgan fingerprint density at radius 2 is 1.82 bits per heavy atom. The van der Waals surface area contributed by atoms with Gasteiger partial charge in [0.05, 0.1) is 18.8 Å². The molecular weight excluding hydrogens is 358 g/mol. The van der Waals surface area contributed by atoms with Crippen LogP contribution in [0.15, 0.2) is 40.7 Å². The molecule has 8 nitrogen and oxygen atoms in total. The van der Waals surface area contributed by atoms with Crippen molar-refractivity contribution < 1.29 is 14.3 Å². The van der Waals surface area contributed by atoms with Crippen LogP contribution in [-0.4, -0.2) is 72.1 Å². The van der Waals surface area contributed by atoms with Crippen molar-refractivity contribution in [1.29, 1.82) is 0 Å². The first kappa shape index (κ1) is 18.5. The normalized spacial score (nSPS) is 24.2. The molecule has 2 unspecified atom stereocenters. The molecule has 3 aliphatic heterocycles. The first-order valence-electron chi connectivity index (χ1n) is 9.36. The van der Waals surface area contributed by atoms with E-state index in [4.69, 9.17) is 9.73 Å². The fraction of sp³-hybridized carbons (Fsp3) is 0.450. The van der Waals surface area contributed by atoms with Gasteiger partial charge in [-0.3, -0.25) is 19.5 Å². The molecule has 0 bridgehead atoms. The zero-order chi connectivity index (χ0) is 20.2. The molecule has 1 aromatic rings. The summed E-state index contributed by atoms with van der Waals surface area (Å²) in [5.74, 6) is 0.462. The number of nitrogens with zero attached hydrogens (tertiary/aromatic N) is 5. The van der Waals surface area contributed by atoms with Crippen molar-refractivity contribution in [1.82, 2.24) is 14.7 Å². The van der Waals surface area contributed by atoms with Crippen molar-refractivity contribution >= 4 is 23.6 Å². The number of benzene rings is 1. The minimum atomic E-state index is -0.557. The summed E-state index contributed by atoms with van der Waals surface area (Å²) in [6, 6.07) is 7.19. The number of hydrogen-bond acceptors (Lipinski definition) is 6. The van der Waals surface area contributed by atoms with E-state index in [9.17, 15) is 9.59 Å². The molecule has 0 N–H and O–H groups in total. The van der Waals surface area contributed by atoms with E-state index in [1.807, 2.05) is 36.9 Å². The van der Waals surface area contributed by atoms with E-state index in [0.717, 1.165) is 22.6 Å². The Labute approximate surface area is 164 Å². The molecule has 0 aliphatic carbocycles. The van der Waals surface area contributed by atoms with Crippen LogP contribution in [0.5, 0.6) is 0 Å². The average molecular weight is 383 g/mol. The molecular formula is C20H25N5O3. The zero-order valence-electron chi connectivity index (χ0n) is 16.8. The summed E-state index contributed by atoms with van der Waals surface area (Å²) in [4.78, 5) is 37.6. The molecule has 28 heavy (non-hydrogen) atoms. The van der Waals surface area contributed by atoms with Crippen molar-refractivity contribution in [2.75, 3.05) is 32.2 Å². The highest BCUT2D eigenvalue weighted by Gasteiger charge is 2.55. The zero-order valence-corrected chi connectivity index (χ0v) is 16.8. The number of likely N-dealkylation sites (N-methyl/N-ethyl adjacent to an activating group) is 1. The molecule has 3 amide bonds. The summed E-state index contributed by atoms with van der Waals surface area (Å²) in [5.41, 5.74) is 4.14. The Balaban J connectivity index is 1.76. The molecule has 3 aliphatic rings. The third kappa shape index (κ3) is 2.44. The van der Waals surface area contributed by atoms with Crippen LogP contribution in [0.2, 0.25) is 0 Å². The number of fused-ring (bicyclic) bond motifs is 3. The first-order chi connectivity index (χ1) is 13.4. The Morgan fingerprint density at radius 1 is 1.11 bits per heavy atom. The van der Waals surface area contributed by atoms with Gasteiger partial charge in [0.2, 0.25) is 5.96 Å². The summed E-state index contributed by atoms with van der Waals surface area (Å²) < 4.78 is 5.08. The molecule has 1 aromatic carbocycles.